The van der Waals surface area contributed by atoms with Gasteiger partial charge in [-0.15, -0.1) is 21.5 Å². The number of aromatic nitrogens is 2. The zero-order valence-electron chi connectivity index (χ0n) is 16.3. The van der Waals surface area contributed by atoms with E-state index in [4.69, 9.17) is 11.6 Å². The van der Waals surface area contributed by atoms with Gasteiger partial charge in [0.25, 0.3) is 5.91 Å². The number of nitrogens with zero attached hydrogens (tertiary/aromatic N) is 4. The number of hydrogen-bond acceptors (Lipinski definition) is 6. The number of hydrogen-bond donors (Lipinski definition) is 2. The van der Waals surface area contributed by atoms with Gasteiger partial charge < -0.3 is 0 Å². The lowest BCUT2D eigenvalue weighted by Crippen LogP contribution is -2.25. The number of halogens is 1. The number of amides is 3. The lowest BCUT2D eigenvalue weighted by Gasteiger charge is -2.12. The molecule has 2 N–H and O–H groups in total. The van der Waals surface area contributed by atoms with Crippen molar-refractivity contribution in [1.29, 1.82) is 0 Å². The molecule has 3 heterocycles. The van der Waals surface area contributed by atoms with Crippen LogP contribution in [-0.2, 0) is 4.79 Å². The smallest absolute Gasteiger partial charge is 0.290 e. The molecule has 1 aliphatic heterocycles. The van der Waals surface area contributed by atoms with E-state index in [1.807, 2.05) is 48.7 Å². The zero-order valence-corrected chi connectivity index (χ0v) is 18.7. The number of nitrogens with one attached hydrogen (secondary N) is 2. The largest absolute Gasteiger partial charge is 0.330 e. The van der Waals surface area contributed by atoms with Crippen LogP contribution in [0.25, 0.3) is 0 Å². The molecule has 0 bridgehead atoms. The van der Waals surface area contributed by atoms with E-state index in [1.165, 1.54) is 16.3 Å². The molecule has 1 atom stereocenters. The first kappa shape index (κ1) is 21.2. The average Bonchev–Trinajstić information content (AvgIpc) is 3.39. The molecule has 1 aliphatic rings. The van der Waals surface area contributed by atoms with Gasteiger partial charge in [0.15, 0.2) is 11.6 Å². The maximum absolute atomic E-state index is 12.4. The standard InChI is InChI=1S/C20H17ClN6O2S2/c1-2-31(19-11-8-15(21)30-19)26-20(29)22-16-9-10-17(24-23-16)27-18(28)12-14(25-27)13-6-4-3-5-7-13/h2-11H,12H2,1H3,(H2,22,23,26,29). The Labute approximate surface area is 190 Å². The maximum Gasteiger partial charge on any atom is 0.330 e. The van der Waals surface area contributed by atoms with Gasteiger partial charge in [-0.05, 0) is 42.1 Å². The van der Waals surface area contributed by atoms with Crippen LogP contribution >= 0.6 is 33.6 Å². The van der Waals surface area contributed by atoms with Crippen molar-refractivity contribution in [3.05, 3.63) is 64.5 Å². The van der Waals surface area contributed by atoms with E-state index in [0.717, 1.165) is 9.77 Å². The Morgan fingerprint density at radius 1 is 1.16 bits per heavy atom. The van der Waals surface area contributed by atoms with E-state index in [9.17, 15) is 9.59 Å². The predicted molar refractivity (Wildman–Crippen MR) is 126 cm³/mol. The second kappa shape index (κ2) is 9.38. The normalized spacial score (nSPS) is 14.5. The van der Waals surface area contributed by atoms with Gasteiger partial charge in [0.1, 0.15) is 0 Å². The molecule has 2 aromatic heterocycles. The van der Waals surface area contributed by atoms with Crippen molar-refractivity contribution in [3.8, 4) is 0 Å². The second-order valence-electron chi connectivity index (χ2n) is 6.26. The molecule has 0 saturated heterocycles. The molecule has 1 aromatic carbocycles. The zero-order chi connectivity index (χ0) is 21.8. The number of carbonyl (C=O) groups excluding carboxylic acids is 2. The summed E-state index contributed by atoms with van der Waals surface area (Å²) in [5.41, 5.74) is 1.56. The second-order valence-corrected chi connectivity index (χ2v) is 10.0. The van der Waals surface area contributed by atoms with Crippen LogP contribution in [0.5, 0.6) is 0 Å². The van der Waals surface area contributed by atoms with E-state index < -0.39 is 16.7 Å². The fourth-order valence-corrected chi connectivity index (χ4v) is 5.66. The molecule has 1 unspecified atom stereocenters. The highest BCUT2D eigenvalue weighted by Gasteiger charge is 2.27. The number of rotatable bonds is 5. The molecule has 0 radical (unpaired) electrons. The Balaban J connectivity index is 1.42. The first-order valence-corrected chi connectivity index (χ1v) is 11.7. The molecule has 158 valence electrons. The Morgan fingerprint density at radius 2 is 1.97 bits per heavy atom. The highest BCUT2D eigenvalue weighted by molar-refractivity contribution is 8.15. The Kier molecular flexibility index (Phi) is 6.40. The van der Waals surface area contributed by atoms with Gasteiger partial charge in [0, 0.05) is 0 Å². The van der Waals surface area contributed by atoms with Crippen LogP contribution in [0.3, 0.4) is 0 Å². The minimum absolute atomic E-state index is 0.191. The third-order valence-electron chi connectivity index (χ3n) is 4.20. The maximum atomic E-state index is 12.4. The number of thiophene rings is 1. The molecule has 0 aliphatic carbocycles. The fourth-order valence-electron chi connectivity index (χ4n) is 2.79. The molecule has 0 saturated carbocycles. The number of carbonyl (C=O) groups is 2. The molecular formula is C20H17ClN6O2S2. The lowest BCUT2D eigenvalue weighted by atomic mass is 10.1. The number of hydrazone groups is 1. The molecule has 8 nitrogen and oxygen atoms in total. The van der Waals surface area contributed by atoms with Gasteiger partial charge in [-0.1, -0.05) is 52.6 Å². The van der Waals surface area contributed by atoms with Crippen LogP contribution in [0, 0.1) is 0 Å². The first-order valence-electron chi connectivity index (χ1n) is 9.18. The van der Waals surface area contributed by atoms with E-state index >= 15 is 0 Å². The Bertz CT molecular complexity index is 1180. The van der Waals surface area contributed by atoms with Crippen molar-refractivity contribution in [2.75, 3.05) is 10.3 Å². The quantitative estimate of drug-likeness (QED) is 0.533. The number of benzene rings is 1. The van der Waals surface area contributed by atoms with Crippen LogP contribution in [-0.4, -0.2) is 33.2 Å². The molecule has 0 spiro atoms. The highest BCUT2D eigenvalue weighted by Crippen LogP contribution is 2.32. The molecule has 4 rings (SSSR count). The Hall–Kier alpha value is -3.08. The van der Waals surface area contributed by atoms with Gasteiger partial charge in [0.2, 0.25) is 0 Å². The summed E-state index contributed by atoms with van der Waals surface area (Å²) in [6.45, 7) is 1.86. The van der Waals surface area contributed by atoms with Crippen LogP contribution < -0.4 is 15.0 Å². The van der Waals surface area contributed by atoms with Crippen molar-refractivity contribution < 1.29 is 9.59 Å². The number of urea groups is 1. The minimum Gasteiger partial charge on any atom is -0.290 e. The van der Waals surface area contributed by atoms with Gasteiger partial charge in [-0.2, -0.15) is 10.1 Å². The average molecular weight is 473 g/mol. The van der Waals surface area contributed by atoms with Crippen LogP contribution in [0.4, 0.5) is 16.4 Å². The highest BCUT2D eigenvalue weighted by atomic mass is 35.5. The monoisotopic (exact) mass is 472 g/mol. The summed E-state index contributed by atoms with van der Waals surface area (Å²) in [7, 11) is -0.583. The molecule has 11 heteroatoms. The summed E-state index contributed by atoms with van der Waals surface area (Å²) in [6, 6.07) is 15.9. The van der Waals surface area contributed by atoms with Crippen molar-refractivity contribution >= 4 is 68.3 Å². The van der Waals surface area contributed by atoms with Crippen LogP contribution in [0.1, 0.15) is 18.9 Å². The van der Waals surface area contributed by atoms with Gasteiger partial charge in [-0.25, -0.2) is 4.79 Å². The molecule has 3 aromatic rings. The van der Waals surface area contributed by atoms with Crippen LogP contribution in [0.2, 0.25) is 4.34 Å². The molecular weight excluding hydrogens is 456 g/mol. The summed E-state index contributed by atoms with van der Waals surface area (Å²) in [4.78, 5) is 24.7. The topological polar surface area (TPSA) is 99.6 Å². The van der Waals surface area contributed by atoms with E-state index in [0.29, 0.717) is 10.0 Å². The third kappa shape index (κ3) is 4.98. The molecule has 0 fully saturated rings. The predicted octanol–water partition coefficient (Wildman–Crippen LogP) is 4.52. The lowest BCUT2D eigenvalue weighted by molar-refractivity contribution is -0.116. The first-order chi connectivity index (χ1) is 15.0. The molecule has 31 heavy (non-hydrogen) atoms. The SMILES string of the molecule is C/C=S(\NC(=O)Nc1ccc(N2N=C(c3ccccc3)CC2=O)nn1)c1ccc(Cl)s1. The van der Waals surface area contributed by atoms with Crippen molar-refractivity contribution in [3.63, 3.8) is 0 Å². The van der Waals surface area contributed by atoms with Crippen molar-refractivity contribution in [1.82, 2.24) is 14.9 Å². The van der Waals surface area contributed by atoms with E-state index in [1.54, 1.807) is 18.2 Å². The van der Waals surface area contributed by atoms with E-state index in [-0.39, 0.29) is 24.0 Å². The van der Waals surface area contributed by atoms with Gasteiger partial charge in [-0.3, -0.25) is 14.8 Å². The third-order valence-corrected chi connectivity index (χ3v) is 7.46. The molecule has 3 amide bonds. The summed E-state index contributed by atoms with van der Waals surface area (Å²) in [6.07, 6.45) is 0.191. The van der Waals surface area contributed by atoms with Gasteiger partial charge in [0.05, 0.1) is 20.7 Å². The van der Waals surface area contributed by atoms with Crippen molar-refractivity contribution in [2.45, 2.75) is 17.6 Å². The van der Waals surface area contributed by atoms with E-state index in [2.05, 4.69) is 25.3 Å². The summed E-state index contributed by atoms with van der Waals surface area (Å²) < 4.78 is 4.47. The summed E-state index contributed by atoms with van der Waals surface area (Å²) in [5, 5.41) is 18.2. The summed E-state index contributed by atoms with van der Waals surface area (Å²) >= 11 is 7.39. The summed E-state index contributed by atoms with van der Waals surface area (Å²) in [5.74, 6) is 0.351. The van der Waals surface area contributed by atoms with Crippen molar-refractivity contribution in [2.24, 2.45) is 5.10 Å². The Morgan fingerprint density at radius 3 is 2.61 bits per heavy atom. The number of anilines is 2. The fraction of sp³-hybridized carbons (Fsp3) is 0.100. The van der Waals surface area contributed by atoms with Crippen LogP contribution in [0.15, 0.2) is 63.9 Å². The minimum atomic E-state index is -0.583. The van der Waals surface area contributed by atoms with Gasteiger partial charge >= 0.3 is 6.03 Å².